The minimum Gasteiger partial charge on any atom is -0.478 e. The van der Waals surface area contributed by atoms with Gasteiger partial charge in [0.25, 0.3) is 0 Å². The summed E-state index contributed by atoms with van der Waals surface area (Å²) in [6.07, 6.45) is 0. The van der Waals surface area contributed by atoms with Crippen molar-refractivity contribution in [1.29, 1.82) is 0 Å². The normalized spacial score (nSPS) is 11.1. The number of halogens is 1. The first-order valence-electron chi connectivity index (χ1n) is 7.11. The van der Waals surface area contributed by atoms with Gasteiger partial charge in [-0.15, -0.1) is 0 Å². The molecule has 0 aliphatic heterocycles. The molecule has 0 saturated carbocycles. The first-order valence-corrected chi connectivity index (χ1v) is 7.49. The average molecular weight is 331 g/mol. The van der Waals surface area contributed by atoms with Crippen LogP contribution in [-0.2, 0) is 0 Å². The van der Waals surface area contributed by atoms with Crippen molar-refractivity contribution in [2.75, 3.05) is 0 Å². The van der Waals surface area contributed by atoms with Crippen molar-refractivity contribution in [2.24, 2.45) is 0 Å². The molecule has 0 spiro atoms. The molecule has 1 aromatic carbocycles. The molecule has 0 aliphatic rings. The Morgan fingerprint density at radius 3 is 2.00 bits per heavy atom. The highest BCUT2D eigenvalue weighted by Gasteiger charge is 2.27. The molecule has 2 aromatic heterocycles. The third kappa shape index (κ3) is 3.03. The van der Waals surface area contributed by atoms with Crippen molar-refractivity contribution in [3.8, 4) is 0 Å². The van der Waals surface area contributed by atoms with Crippen LogP contribution in [0.5, 0.6) is 0 Å². The molecule has 0 bridgehead atoms. The Labute approximate surface area is 138 Å². The smallest absolute Gasteiger partial charge is 0.336 e. The molecule has 0 radical (unpaired) electrons. The van der Waals surface area contributed by atoms with Crippen LogP contribution >= 0.6 is 11.6 Å². The van der Waals surface area contributed by atoms with E-state index in [1.165, 1.54) is 6.07 Å². The van der Waals surface area contributed by atoms with Gasteiger partial charge in [0.2, 0.25) is 0 Å². The number of carboxylic acid groups (broad SMARTS) is 1. The maximum absolute atomic E-state index is 11.6. The van der Waals surface area contributed by atoms with Crippen LogP contribution in [0.4, 0.5) is 0 Å². The van der Waals surface area contributed by atoms with Gasteiger partial charge >= 0.3 is 5.97 Å². The van der Waals surface area contributed by atoms with Crippen LogP contribution in [0.1, 0.15) is 44.9 Å². The lowest BCUT2D eigenvalue weighted by molar-refractivity contribution is 0.0695. The zero-order valence-electron chi connectivity index (χ0n) is 12.7. The van der Waals surface area contributed by atoms with Gasteiger partial charge in [-0.1, -0.05) is 17.7 Å². The second-order valence-electron chi connectivity index (χ2n) is 5.37. The van der Waals surface area contributed by atoms with E-state index in [-0.39, 0.29) is 5.56 Å². The van der Waals surface area contributed by atoms with E-state index in [4.69, 9.17) is 20.4 Å². The lowest BCUT2D eigenvalue weighted by Crippen LogP contribution is -2.09. The van der Waals surface area contributed by atoms with Gasteiger partial charge in [-0.25, -0.2) is 4.79 Å². The van der Waals surface area contributed by atoms with Crippen molar-refractivity contribution >= 4 is 17.6 Å². The zero-order chi connectivity index (χ0) is 16.6. The van der Waals surface area contributed by atoms with Crippen LogP contribution in [0.25, 0.3) is 0 Å². The van der Waals surface area contributed by atoms with Crippen LogP contribution in [0.2, 0.25) is 5.02 Å². The molecule has 118 valence electrons. The van der Waals surface area contributed by atoms with Gasteiger partial charge in [0, 0.05) is 5.02 Å². The van der Waals surface area contributed by atoms with Crippen molar-refractivity contribution in [2.45, 2.75) is 19.8 Å². The fourth-order valence-corrected chi connectivity index (χ4v) is 2.80. The van der Waals surface area contributed by atoms with Gasteiger partial charge < -0.3 is 13.9 Å². The monoisotopic (exact) mass is 330 g/mol. The molecule has 0 atom stereocenters. The molecule has 0 saturated heterocycles. The summed E-state index contributed by atoms with van der Waals surface area (Å²) in [6.45, 7) is 3.68. The maximum Gasteiger partial charge on any atom is 0.336 e. The molecule has 4 nitrogen and oxygen atoms in total. The Morgan fingerprint density at radius 2 is 1.57 bits per heavy atom. The van der Waals surface area contributed by atoms with E-state index in [1.54, 1.807) is 12.1 Å². The zero-order valence-corrected chi connectivity index (χ0v) is 13.4. The van der Waals surface area contributed by atoms with E-state index in [9.17, 15) is 9.90 Å². The molecule has 2 heterocycles. The minimum atomic E-state index is -1.04. The first kappa shape index (κ1) is 15.4. The number of furan rings is 2. The van der Waals surface area contributed by atoms with Crippen LogP contribution < -0.4 is 0 Å². The maximum atomic E-state index is 11.6. The first-order chi connectivity index (χ1) is 11.0. The summed E-state index contributed by atoms with van der Waals surface area (Å²) in [5.41, 5.74) is 0.705. The number of aryl methyl sites for hydroxylation is 2. The highest BCUT2D eigenvalue weighted by Crippen LogP contribution is 2.36. The van der Waals surface area contributed by atoms with Crippen molar-refractivity contribution in [3.05, 3.63) is 81.7 Å². The molecule has 0 amide bonds. The van der Waals surface area contributed by atoms with Crippen molar-refractivity contribution < 1.29 is 18.7 Å². The lowest BCUT2D eigenvalue weighted by Gasteiger charge is -2.16. The van der Waals surface area contributed by atoms with Gasteiger partial charge in [0.15, 0.2) is 0 Å². The van der Waals surface area contributed by atoms with Gasteiger partial charge in [-0.05, 0) is 55.8 Å². The van der Waals surface area contributed by atoms with Gasteiger partial charge in [-0.3, -0.25) is 0 Å². The minimum absolute atomic E-state index is 0.130. The molecule has 3 aromatic rings. The summed E-state index contributed by atoms with van der Waals surface area (Å²) in [5, 5.41) is 9.89. The fraction of sp³-hybridized carbons (Fsp3) is 0.167. The number of hydrogen-bond donors (Lipinski definition) is 1. The third-order valence-corrected chi connectivity index (χ3v) is 3.88. The highest BCUT2D eigenvalue weighted by atomic mass is 35.5. The predicted octanol–water partition coefficient (Wildman–Crippen LogP) is 5.02. The summed E-state index contributed by atoms with van der Waals surface area (Å²) >= 11 is 5.96. The van der Waals surface area contributed by atoms with E-state index in [2.05, 4.69) is 0 Å². The molecule has 5 heteroatoms. The molecule has 23 heavy (non-hydrogen) atoms. The summed E-state index contributed by atoms with van der Waals surface area (Å²) < 4.78 is 11.5. The van der Waals surface area contributed by atoms with Crippen LogP contribution in [0.15, 0.2) is 51.3 Å². The second-order valence-corrected chi connectivity index (χ2v) is 5.80. The van der Waals surface area contributed by atoms with Crippen LogP contribution in [-0.4, -0.2) is 11.1 Å². The van der Waals surface area contributed by atoms with Crippen LogP contribution in [0.3, 0.4) is 0 Å². The Morgan fingerprint density at radius 1 is 1.00 bits per heavy atom. The van der Waals surface area contributed by atoms with Crippen molar-refractivity contribution in [3.63, 3.8) is 0 Å². The Balaban J connectivity index is 2.22. The van der Waals surface area contributed by atoms with E-state index < -0.39 is 11.9 Å². The SMILES string of the molecule is Cc1ccc(C(c2ccc(C)o2)c2ccc(Cl)cc2C(=O)O)o1. The van der Waals surface area contributed by atoms with Gasteiger partial charge in [-0.2, -0.15) is 0 Å². The van der Waals surface area contributed by atoms with Gasteiger partial charge in [0.05, 0.1) is 5.56 Å². The number of benzene rings is 1. The third-order valence-electron chi connectivity index (χ3n) is 3.65. The molecule has 0 unspecified atom stereocenters. The number of carboxylic acids is 1. The number of aromatic carboxylic acids is 1. The molecule has 0 fully saturated rings. The largest absolute Gasteiger partial charge is 0.478 e. The summed E-state index contributed by atoms with van der Waals surface area (Å²) in [5.74, 6) is 1.27. The summed E-state index contributed by atoms with van der Waals surface area (Å²) in [4.78, 5) is 11.6. The average Bonchev–Trinajstić information content (AvgIpc) is 3.10. The molecule has 3 rings (SSSR count). The standard InChI is InChI=1S/C18H15ClO4/c1-10-3-7-15(22-10)17(16-8-4-11(2)23-16)13-6-5-12(19)9-14(13)18(20)21/h3-9,17H,1-2H3,(H,20,21). The molecule has 0 aliphatic carbocycles. The van der Waals surface area contributed by atoms with Crippen molar-refractivity contribution in [1.82, 2.24) is 0 Å². The predicted molar refractivity (Wildman–Crippen MR) is 86.2 cm³/mol. The fourth-order valence-electron chi connectivity index (χ4n) is 2.63. The molecular formula is C18H15ClO4. The van der Waals surface area contributed by atoms with Gasteiger partial charge in [0.1, 0.15) is 29.0 Å². The quantitative estimate of drug-likeness (QED) is 0.729. The number of carbonyl (C=O) groups is 1. The number of rotatable bonds is 4. The summed E-state index contributed by atoms with van der Waals surface area (Å²) in [7, 11) is 0. The Hall–Kier alpha value is -2.46. The second kappa shape index (κ2) is 5.97. The topological polar surface area (TPSA) is 63.6 Å². The number of hydrogen-bond acceptors (Lipinski definition) is 3. The Bertz CT molecular complexity index is 819. The highest BCUT2D eigenvalue weighted by molar-refractivity contribution is 6.31. The van der Waals surface area contributed by atoms with E-state index >= 15 is 0 Å². The van der Waals surface area contributed by atoms with Crippen LogP contribution in [0, 0.1) is 13.8 Å². The van der Waals surface area contributed by atoms with E-state index in [0.29, 0.717) is 22.1 Å². The summed E-state index contributed by atoms with van der Waals surface area (Å²) in [6, 6.07) is 12.2. The van der Waals surface area contributed by atoms with E-state index in [1.807, 2.05) is 38.1 Å². The molecular weight excluding hydrogens is 316 g/mol. The lowest BCUT2D eigenvalue weighted by atomic mass is 9.90. The molecule has 1 N–H and O–H groups in total. The van der Waals surface area contributed by atoms with E-state index in [0.717, 1.165) is 11.5 Å². The Kier molecular flexibility index (Phi) is 4.01.